The van der Waals surface area contributed by atoms with Crippen molar-refractivity contribution in [2.45, 2.75) is 18.4 Å². The van der Waals surface area contributed by atoms with E-state index >= 15 is 0 Å². The fraction of sp³-hybridized carbons (Fsp3) is 0.333. The number of nitrogens with one attached hydrogen (secondary N) is 1. The maximum absolute atomic E-state index is 12.0. The molecule has 7 heteroatoms. The van der Waals surface area contributed by atoms with Crippen LogP contribution in [0.1, 0.15) is 18.2 Å². The first-order valence-electron chi connectivity index (χ1n) is 7.01. The van der Waals surface area contributed by atoms with E-state index in [1.54, 1.807) is 16.4 Å². The maximum atomic E-state index is 12.0. The van der Waals surface area contributed by atoms with Gasteiger partial charge in [0.2, 0.25) is 0 Å². The minimum atomic E-state index is -0.176. The molecule has 2 aromatic rings. The van der Waals surface area contributed by atoms with E-state index in [-0.39, 0.29) is 12.5 Å². The van der Waals surface area contributed by atoms with Gasteiger partial charge in [0, 0.05) is 28.7 Å². The highest BCUT2D eigenvalue weighted by atomic mass is 35.5. The van der Waals surface area contributed by atoms with Crippen molar-refractivity contribution < 1.29 is 9.53 Å². The summed E-state index contributed by atoms with van der Waals surface area (Å²) in [5.41, 5.74) is 2.92. The Morgan fingerprint density at radius 1 is 1.50 bits per heavy atom. The Kier molecular flexibility index (Phi) is 4.71. The lowest BCUT2D eigenvalue weighted by molar-refractivity contribution is -0.120. The van der Waals surface area contributed by atoms with Crippen molar-refractivity contribution in [3.8, 4) is 5.69 Å². The molecule has 116 valence electrons. The number of rotatable bonds is 5. The van der Waals surface area contributed by atoms with Gasteiger partial charge in [-0.25, -0.2) is 4.68 Å². The summed E-state index contributed by atoms with van der Waals surface area (Å²) in [7, 11) is 0. The van der Waals surface area contributed by atoms with Gasteiger partial charge >= 0.3 is 0 Å². The lowest BCUT2D eigenvalue weighted by atomic mass is 10.2. The molecule has 1 aromatic carbocycles. The molecule has 5 nitrogen and oxygen atoms in total. The lowest BCUT2D eigenvalue weighted by Gasteiger charge is -2.11. The molecule has 1 aliphatic heterocycles. The third kappa shape index (κ3) is 3.14. The largest absolute Gasteiger partial charge is 0.372 e. The number of halogens is 1. The average Bonchev–Trinajstić information content (AvgIpc) is 3.08. The normalized spacial score (nSPS) is 13.2. The fourth-order valence-electron chi connectivity index (χ4n) is 2.30. The third-order valence-corrected chi connectivity index (χ3v) is 4.51. The maximum Gasteiger partial charge on any atom is 0.251 e. The second-order valence-corrected chi connectivity index (χ2v) is 6.27. The van der Waals surface area contributed by atoms with Gasteiger partial charge in [-0.15, -0.1) is 0 Å². The second-order valence-electron chi connectivity index (χ2n) is 4.84. The Bertz CT molecular complexity index is 702. The Labute approximate surface area is 138 Å². The predicted octanol–water partition coefficient (Wildman–Crippen LogP) is 3.25. The predicted molar refractivity (Wildman–Crippen MR) is 88.7 cm³/mol. The average molecular weight is 338 g/mol. The van der Waals surface area contributed by atoms with Gasteiger partial charge in [0.1, 0.15) is 12.4 Å². The number of anilines is 1. The molecule has 0 radical (unpaired) electrons. The number of nitrogens with zero attached hydrogens (tertiary/aromatic N) is 2. The summed E-state index contributed by atoms with van der Waals surface area (Å²) in [6, 6.07) is 7.42. The van der Waals surface area contributed by atoms with Gasteiger partial charge in [0.05, 0.1) is 11.4 Å². The first-order chi connectivity index (χ1) is 10.7. The van der Waals surface area contributed by atoms with E-state index in [1.165, 1.54) is 0 Å². The molecule has 1 aromatic heterocycles. The second kappa shape index (κ2) is 6.73. The van der Waals surface area contributed by atoms with Gasteiger partial charge in [0.25, 0.3) is 5.91 Å². The molecule has 1 aliphatic rings. The number of benzene rings is 1. The van der Waals surface area contributed by atoms with Crippen LogP contribution in [0.5, 0.6) is 0 Å². The molecule has 1 N–H and O–H groups in total. The Morgan fingerprint density at radius 3 is 3.14 bits per heavy atom. The zero-order valence-corrected chi connectivity index (χ0v) is 13.7. The van der Waals surface area contributed by atoms with Crippen LogP contribution in [0.15, 0.2) is 24.3 Å². The molecule has 0 atom stereocenters. The zero-order chi connectivity index (χ0) is 15.5. The SMILES string of the molecule is CCOCC(=O)Nc1c2c(nn1-c1cccc(Cl)c1)CSC2. The standard InChI is InChI=1S/C15H16ClN3O2S/c1-2-21-7-14(20)17-15-12-8-22-9-13(12)18-19(15)11-5-3-4-10(16)6-11/h3-6H,2,7-9H2,1H3,(H,17,20). The van der Waals surface area contributed by atoms with E-state index in [0.29, 0.717) is 17.4 Å². The fourth-order valence-corrected chi connectivity index (χ4v) is 3.52. The van der Waals surface area contributed by atoms with E-state index in [9.17, 15) is 4.79 Å². The van der Waals surface area contributed by atoms with E-state index in [2.05, 4.69) is 10.4 Å². The quantitative estimate of drug-likeness (QED) is 0.910. The molecule has 0 aliphatic carbocycles. The molecular weight excluding hydrogens is 322 g/mol. The summed E-state index contributed by atoms with van der Waals surface area (Å²) < 4.78 is 6.91. The Hall–Kier alpha value is -1.50. The van der Waals surface area contributed by atoms with Crippen LogP contribution in [0.3, 0.4) is 0 Å². The summed E-state index contributed by atoms with van der Waals surface area (Å²) in [4.78, 5) is 12.0. The number of thioether (sulfide) groups is 1. The number of aromatic nitrogens is 2. The van der Waals surface area contributed by atoms with E-state index in [0.717, 1.165) is 28.5 Å². The lowest BCUT2D eigenvalue weighted by Crippen LogP contribution is -2.21. The first-order valence-corrected chi connectivity index (χ1v) is 8.54. The molecule has 3 rings (SSSR count). The minimum absolute atomic E-state index is 0.0408. The molecule has 0 unspecified atom stereocenters. The van der Waals surface area contributed by atoms with Crippen LogP contribution in [-0.2, 0) is 21.0 Å². The van der Waals surface area contributed by atoms with Crippen LogP contribution in [0.2, 0.25) is 5.02 Å². The molecule has 2 heterocycles. The zero-order valence-electron chi connectivity index (χ0n) is 12.1. The van der Waals surface area contributed by atoms with Crippen molar-refractivity contribution in [2.24, 2.45) is 0 Å². The Balaban J connectivity index is 1.95. The number of hydrogen-bond acceptors (Lipinski definition) is 4. The number of amides is 1. The molecule has 0 saturated carbocycles. The molecule has 22 heavy (non-hydrogen) atoms. The number of hydrogen-bond donors (Lipinski definition) is 1. The van der Waals surface area contributed by atoms with Gasteiger partial charge < -0.3 is 10.1 Å². The molecule has 1 amide bonds. The summed E-state index contributed by atoms with van der Waals surface area (Å²) in [6.45, 7) is 2.41. The Morgan fingerprint density at radius 2 is 2.36 bits per heavy atom. The van der Waals surface area contributed by atoms with Crippen molar-refractivity contribution in [3.05, 3.63) is 40.5 Å². The smallest absolute Gasteiger partial charge is 0.251 e. The van der Waals surface area contributed by atoms with Gasteiger partial charge in [-0.3, -0.25) is 4.79 Å². The minimum Gasteiger partial charge on any atom is -0.372 e. The van der Waals surface area contributed by atoms with Crippen molar-refractivity contribution in [2.75, 3.05) is 18.5 Å². The third-order valence-electron chi connectivity index (χ3n) is 3.30. The topological polar surface area (TPSA) is 56.1 Å². The molecule has 0 bridgehead atoms. The summed E-state index contributed by atoms with van der Waals surface area (Å²) in [6.07, 6.45) is 0. The van der Waals surface area contributed by atoms with Crippen LogP contribution < -0.4 is 5.32 Å². The van der Waals surface area contributed by atoms with Gasteiger partial charge in [-0.2, -0.15) is 16.9 Å². The van der Waals surface area contributed by atoms with Gasteiger partial charge in [0.15, 0.2) is 0 Å². The highest BCUT2D eigenvalue weighted by molar-refractivity contribution is 7.98. The number of fused-ring (bicyclic) bond motifs is 1. The van der Waals surface area contributed by atoms with Crippen LogP contribution in [-0.4, -0.2) is 28.9 Å². The highest BCUT2D eigenvalue weighted by Crippen LogP contribution is 2.36. The molecule has 0 fully saturated rings. The molecule has 0 saturated heterocycles. The van der Waals surface area contributed by atoms with Crippen LogP contribution >= 0.6 is 23.4 Å². The molecular formula is C15H16ClN3O2S. The van der Waals surface area contributed by atoms with Gasteiger partial charge in [-0.1, -0.05) is 17.7 Å². The van der Waals surface area contributed by atoms with Crippen molar-refractivity contribution >= 4 is 35.1 Å². The van der Waals surface area contributed by atoms with Crippen LogP contribution in [0.4, 0.5) is 5.82 Å². The first kappa shape index (κ1) is 15.4. The highest BCUT2D eigenvalue weighted by Gasteiger charge is 2.24. The van der Waals surface area contributed by atoms with E-state index in [4.69, 9.17) is 16.3 Å². The summed E-state index contributed by atoms with van der Waals surface area (Å²) in [5, 5.41) is 8.17. The summed E-state index contributed by atoms with van der Waals surface area (Å²) >= 11 is 7.85. The van der Waals surface area contributed by atoms with Crippen LogP contribution in [0, 0.1) is 0 Å². The number of ether oxygens (including phenoxy) is 1. The van der Waals surface area contributed by atoms with Gasteiger partial charge in [-0.05, 0) is 25.1 Å². The van der Waals surface area contributed by atoms with Crippen molar-refractivity contribution in [1.29, 1.82) is 0 Å². The summed E-state index contributed by atoms with van der Waals surface area (Å²) in [5.74, 6) is 2.24. The van der Waals surface area contributed by atoms with E-state index < -0.39 is 0 Å². The van der Waals surface area contributed by atoms with Crippen LogP contribution in [0.25, 0.3) is 5.69 Å². The molecule has 0 spiro atoms. The number of carbonyl (C=O) groups is 1. The van der Waals surface area contributed by atoms with Crippen molar-refractivity contribution in [1.82, 2.24) is 9.78 Å². The monoisotopic (exact) mass is 337 g/mol. The van der Waals surface area contributed by atoms with Crippen molar-refractivity contribution in [3.63, 3.8) is 0 Å². The van der Waals surface area contributed by atoms with E-state index in [1.807, 2.05) is 31.2 Å². The number of carbonyl (C=O) groups excluding carboxylic acids is 1.